The summed E-state index contributed by atoms with van der Waals surface area (Å²) in [4.78, 5) is 17.4. The van der Waals surface area contributed by atoms with Gasteiger partial charge < -0.3 is 10.3 Å². The Morgan fingerprint density at radius 2 is 1.84 bits per heavy atom. The molecule has 4 nitrogen and oxygen atoms in total. The van der Waals surface area contributed by atoms with E-state index < -0.39 is 0 Å². The molecule has 1 aromatic heterocycles. The molecule has 1 aliphatic heterocycles. The van der Waals surface area contributed by atoms with Crippen molar-refractivity contribution in [1.29, 1.82) is 0 Å². The van der Waals surface area contributed by atoms with Gasteiger partial charge in [0.05, 0.1) is 5.02 Å². The number of piperidine rings is 1. The molecular weight excluding hydrogens is 334 g/mol. The first-order valence-corrected chi connectivity index (χ1v) is 9.29. The zero-order valence-electron chi connectivity index (χ0n) is 14.9. The molecule has 2 heterocycles. The smallest absolute Gasteiger partial charge is 0.268 e. The van der Waals surface area contributed by atoms with Gasteiger partial charge in [-0.2, -0.15) is 0 Å². The van der Waals surface area contributed by atoms with E-state index in [0.717, 1.165) is 23.9 Å². The molecule has 2 atom stereocenters. The van der Waals surface area contributed by atoms with Crippen molar-refractivity contribution in [2.75, 3.05) is 13.1 Å². The van der Waals surface area contributed by atoms with Crippen molar-refractivity contribution in [2.24, 2.45) is 11.8 Å². The highest BCUT2D eigenvalue weighted by molar-refractivity contribution is 6.30. The molecule has 0 spiro atoms. The van der Waals surface area contributed by atoms with Crippen LogP contribution in [0.1, 0.15) is 41.9 Å². The number of aromatic amines is 1. The fraction of sp³-hybridized carbons (Fsp3) is 0.450. The Bertz CT molecular complexity index is 700. The van der Waals surface area contributed by atoms with Gasteiger partial charge in [-0.05, 0) is 35.4 Å². The quantitative estimate of drug-likeness (QED) is 0.845. The third-order valence-electron chi connectivity index (χ3n) is 4.72. The van der Waals surface area contributed by atoms with Gasteiger partial charge in [-0.15, -0.1) is 0 Å². The van der Waals surface area contributed by atoms with Gasteiger partial charge in [-0.1, -0.05) is 49.7 Å². The number of carbonyl (C=O) groups excluding carboxylic acids is 1. The maximum absolute atomic E-state index is 12.0. The van der Waals surface area contributed by atoms with Crippen LogP contribution in [0.15, 0.2) is 36.5 Å². The lowest BCUT2D eigenvalue weighted by Gasteiger charge is -2.35. The molecule has 1 aromatic carbocycles. The summed E-state index contributed by atoms with van der Waals surface area (Å²) in [5, 5.41) is 3.44. The van der Waals surface area contributed by atoms with E-state index in [1.54, 1.807) is 12.3 Å². The molecule has 0 radical (unpaired) electrons. The second-order valence-corrected chi connectivity index (χ2v) is 7.81. The van der Waals surface area contributed by atoms with Crippen LogP contribution in [0.25, 0.3) is 0 Å². The SMILES string of the molecule is CC1CC(C)CN(Cc2ccc(CNC(=O)c3cc(Cl)c[nH]3)cc2)C1. The lowest BCUT2D eigenvalue weighted by atomic mass is 9.91. The van der Waals surface area contributed by atoms with E-state index >= 15 is 0 Å². The van der Waals surface area contributed by atoms with Crippen LogP contribution in [-0.4, -0.2) is 28.9 Å². The molecular formula is C20H26ClN3O. The Hall–Kier alpha value is -1.78. The predicted octanol–water partition coefficient (Wildman–Crippen LogP) is 4.08. The van der Waals surface area contributed by atoms with Gasteiger partial charge in [0.1, 0.15) is 5.69 Å². The van der Waals surface area contributed by atoms with E-state index in [2.05, 4.69) is 53.3 Å². The number of aromatic nitrogens is 1. The highest BCUT2D eigenvalue weighted by atomic mass is 35.5. The summed E-state index contributed by atoms with van der Waals surface area (Å²) in [6.07, 6.45) is 2.94. The first kappa shape index (κ1) is 18.0. The number of halogens is 1. The number of H-pyrrole nitrogens is 1. The minimum atomic E-state index is -0.146. The number of amides is 1. The van der Waals surface area contributed by atoms with Crippen LogP contribution in [0, 0.1) is 11.8 Å². The number of carbonyl (C=O) groups is 1. The van der Waals surface area contributed by atoms with Crippen LogP contribution in [-0.2, 0) is 13.1 Å². The molecule has 0 aliphatic carbocycles. The number of likely N-dealkylation sites (tertiary alicyclic amines) is 1. The van der Waals surface area contributed by atoms with Crippen molar-refractivity contribution in [3.63, 3.8) is 0 Å². The number of benzene rings is 1. The van der Waals surface area contributed by atoms with E-state index in [1.807, 2.05) is 0 Å². The van der Waals surface area contributed by atoms with Gasteiger partial charge in [0.25, 0.3) is 5.91 Å². The molecule has 5 heteroatoms. The second-order valence-electron chi connectivity index (χ2n) is 7.37. The minimum Gasteiger partial charge on any atom is -0.356 e. The van der Waals surface area contributed by atoms with Gasteiger partial charge in [-0.25, -0.2) is 0 Å². The lowest BCUT2D eigenvalue weighted by Crippen LogP contribution is -2.38. The molecule has 2 aromatic rings. The highest BCUT2D eigenvalue weighted by Crippen LogP contribution is 2.22. The normalized spacial score (nSPS) is 21.2. The summed E-state index contributed by atoms with van der Waals surface area (Å²) in [6, 6.07) is 10.1. The summed E-state index contributed by atoms with van der Waals surface area (Å²) in [5.41, 5.74) is 2.90. The molecule has 2 N–H and O–H groups in total. The van der Waals surface area contributed by atoms with Gasteiger partial charge in [0.15, 0.2) is 0 Å². The van der Waals surface area contributed by atoms with Crippen LogP contribution >= 0.6 is 11.6 Å². The fourth-order valence-corrected chi connectivity index (χ4v) is 3.88. The zero-order valence-corrected chi connectivity index (χ0v) is 15.6. The lowest BCUT2D eigenvalue weighted by molar-refractivity contribution is 0.0946. The average Bonchev–Trinajstić information content (AvgIpc) is 2.99. The third kappa shape index (κ3) is 5.10. The summed E-state index contributed by atoms with van der Waals surface area (Å²) in [6.45, 7) is 8.55. The van der Waals surface area contributed by atoms with Crippen molar-refractivity contribution in [3.05, 3.63) is 58.4 Å². The summed E-state index contributed by atoms with van der Waals surface area (Å²) in [5.74, 6) is 1.41. The van der Waals surface area contributed by atoms with Crippen molar-refractivity contribution in [1.82, 2.24) is 15.2 Å². The Morgan fingerprint density at radius 1 is 1.20 bits per heavy atom. The minimum absolute atomic E-state index is 0.146. The largest absolute Gasteiger partial charge is 0.356 e. The van der Waals surface area contributed by atoms with E-state index in [4.69, 9.17) is 11.6 Å². The first-order chi connectivity index (χ1) is 12.0. The van der Waals surface area contributed by atoms with Gasteiger partial charge in [-0.3, -0.25) is 9.69 Å². The molecule has 1 amide bonds. The molecule has 1 saturated heterocycles. The second kappa shape index (κ2) is 8.07. The number of nitrogens with one attached hydrogen (secondary N) is 2. The molecule has 25 heavy (non-hydrogen) atoms. The Morgan fingerprint density at radius 3 is 2.44 bits per heavy atom. The summed E-state index contributed by atoms with van der Waals surface area (Å²) >= 11 is 5.82. The monoisotopic (exact) mass is 359 g/mol. The van der Waals surface area contributed by atoms with Crippen molar-refractivity contribution >= 4 is 17.5 Å². The van der Waals surface area contributed by atoms with Crippen molar-refractivity contribution < 1.29 is 4.79 Å². The average molecular weight is 360 g/mol. The van der Waals surface area contributed by atoms with Crippen molar-refractivity contribution in [3.8, 4) is 0 Å². The summed E-state index contributed by atoms with van der Waals surface area (Å²) in [7, 11) is 0. The van der Waals surface area contributed by atoms with Gasteiger partial charge in [0.2, 0.25) is 0 Å². The van der Waals surface area contributed by atoms with Crippen LogP contribution in [0.3, 0.4) is 0 Å². The van der Waals surface area contributed by atoms with Gasteiger partial charge in [0, 0.05) is 32.4 Å². The van der Waals surface area contributed by atoms with E-state index in [1.165, 1.54) is 25.1 Å². The molecule has 1 aliphatic rings. The maximum Gasteiger partial charge on any atom is 0.268 e. The van der Waals surface area contributed by atoms with Gasteiger partial charge >= 0.3 is 0 Å². The van der Waals surface area contributed by atoms with Crippen LogP contribution in [0.2, 0.25) is 5.02 Å². The van der Waals surface area contributed by atoms with Crippen molar-refractivity contribution in [2.45, 2.75) is 33.4 Å². The third-order valence-corrected chi connectivity index (χ3v) is 4.94. The standard InChI is InChI=1S/C20H26ClN3O/c1-14-7-15(2)12-24(11-14)13-17-5-3-16(4-6-17)9-23-20(25)19-8-18(21)10-22-19/h3-6,8,10,14-15,22H,7,9,11-13H2,1-2H3,(H,23,25). The molecule has 134 valence electrons. The molecule has 3 rings (SSSR count). The van der Waals surface area contributed by atoms with E-state index in [-0.39, 0.29) is 5.91 Å². The predicted molar refractivity (Wildman–Crippen MR) is 102 cm³/mol. The van der Waals surface area contributed by atoms with E-state index in [0.29, 0.717) is 17.3 Å². The number of hydrogen-bond acceptors (Lipinski definition) is 2. The topological polar surface area (TPSA) is 48.1 Å². The molecule has 0 saturated carbocycles. The first-order valence-electron chi connectivity index (χ1n) is 8.92. The van der Waals surface area contributed by atoms with Crippen LogP contribution in [0.4, 0.5) is 0 Å². The van der Waals surface area contributed by atoms with E-state index in [9.17, 15) is 4.79 Å². The van der Waals surface area contributed by atoms with Crippen LogP contribution in [0.5, 0.6) is 0 Å². The zero-order chi connectivity index (χ0) is 17.8. The number of nitrogens with zero attached hydrogens (tertiary/aromatic N) is 1. The maximum atomic E-state index is 12.0. The highest BCUT2D eigenvalue weighted by Gasteiger charge is 2.21. The number of hydrogen-bond donors (Lipinski definition) is 2. The molecule has 0 bridgehead atoms. The molecule has 1 fully saturated rings. The summed E-state index contributed by atoms with van der Waals surface area (Å²) < 4.78 is 0. The Kier molecular flexibility index (Phi) is 5.82. The van der Waals surface area contributed by atoms with Crippen LogP contribution < -0.4 is 5.32 Å². The number of rotatable bonds is 5. The molecule has 2 unspecified atom stereocenters. The Labute approximate surface area is 154 Å². The fourth-order valence-electron chi connectivity index (χ4n) is 3.72. The Balaban J connectivity index is 1.51.